The molecule has 0 radical (unpaired) electrons. The van der Waals surface area contributed by atoms with Crippen LogP contribution in [-0.2, 0) is 9.78 Å². The van der Waals surface area contributed by atoms with Crippen molar-refractivity contribution in [3.05, 3.63) is 0 Å². The van der Waals surface area contributed by atoms with Gasteiger partial charge in [-0.1, -0.05) is 27.2 Å². The fourth-order valence-electron chi connectivity index (χ4n) is 2.39. The Hall–Kier alpha value is 0.210. The summed E-state index contributed by atoms with van der Waals surface area (Å²) in [7, 11) is 0. The van der Waals surface area contributed by atoms with Gasteiger partial charge in [0, 0.05) is 5.88 Å². The molecule has 3 heteroatoms. The third kappa shape index (κ3) is 4.29. The summed E-state index contributed by atoms with van der Waals surface area (Å²) in [6, 6.07) is 0. The van der Waals surface area contributed by atoms with E-state index in [0.717, 1.165) is 12.3 Å². The van der Waals surface area contributed by atoms with Crippen LogP contribution in [0.1, 0.15) is 40.0 Å². The average Bonchev–Trinajstić information content (AvgIpc) is 2.18. The first-order valence-electron chi connectivity index (χ1n) is 5.99. The van der Waals surface area contributed by atoms with Crippen LogP contribution in [0, 0.1) is 17.8 Å². The highest BCUT2D eigenvalue weighted by molar-refractivity contribution is 6.17. The van der Waals surface area contributed by atoms with E-state index in [4.69, 9.17) is 21.4 Å². The summed E-state index contributed by atoms with van der Waals surface area (Å²) in [5, 5.41) is 0. The van der Waals surface area contributed by atoms with Crippen LogP contribution >= 0.6 is 11.6 Å². The van der Waals surface area contributed by atoms with Crippen molar-refractivity contribution in [2.24, 2.45) is 17.8 Å². The second-order valence-electron chi connectivity index (χ2n) is 4.97. The second kappa shape index (κ2) is 6.72. The van der Waals surface area contributed by atoms with E-state index in [-0.39, 0.29) is 6.10 Å². The number of rotatable bonds is 5. The van der Waals surface area contributed by atoms with Crippen LogP contribution in [0.5, 0.6) is 0 Å². The smallest absolute Gasteiger partial charge is 0.0963 e. The predicted molar refractivity (Wildman–Crippen MR) is 62.9 cm³/mol. The minimum atomic E-state index is 0.261. The minimum absolute atomic E-state index is 0.261. The molecule has 1 rings (SSSR count). The standard InChI is InChI=1S/C12H23ClO2/c1-9(2)11-5-4-10(3)8-12(11)15-14-7-6-13/h9-12H,4-8H2,1-3H3/t10-,11+,12-/m1/s1. The Morgan fingerprint density at radius 2 is 2.07 bits per heavy atom. The highest BCUT2D eigenvalue weighted by Gasteiger charge is 2.32. The van der Waals surface area contributed by atoms with Gasteiger partial charge in [0.05, 0.1) is 12.7 Å². The molecule has 0 aromatic heterocycles. The van der Waals surface area contributed by atoms with Crippen LogP contribution in [0.4, 0.5) is 0 Å². The molecule has 0 unspecified atom stereocenters. The average molecular weight is 235 g/mol. The van der Waals surface area contributed by atoms with E-state index < -0.39 is 0 Å². The Labute approximate surface area is 98.2 Å². The van der Waals surface area contributed by atoms with Gasteiger partial charge >= 0.3 is 0 Å². The van der Waals surface area contributed by atoms with Gasteiger partial charge in [-0.25, -0.2) is 9.78 Å². The molecule has 0 saturated heterocycles. The van der Waals surface area contributed by atoms with Crippen LogP contribution < -0.4 is 0 Å². The third-order valence-electron chi connectivity index (χ3n) is 3.31. The van der Waals surface area contributed by atoms with Crippen molar-refractivity contribution in [2.45, 2.75) is 46.1 Å². The Bertz CT molecular complexity index is 173. The molecule has 0 N–H and O–H groups in total. The van der Waals surface area contributed by atoms with Crippen molar-refractivity contribution in [3.8, 4) is 0 Å². The molecular formula is C12H23ClO2. The van der Waals surface area contributed by atoms with Crippen molar-refractivity contribution in [2.75, 3.05) is 12.5 Å². The molecule has 1 saturated carbocycles. The molecular weight excluding hydrogens is 212 g/mol. The second-order valence-corrected chi connectivity index (χ2v) is 5.35. The lowest BCUT2D eigenvalue weighted by atomic mass is 9.75. The summed E-state index contributed by atoms with van der Waals surface area (Å²) in [5.74, 6) is 2.55. The monoisotopic (exact) mass is 234 g/mol. The number of hydrogen-bond acceptors (Lipinski definition) is 2. The number of halogens is 1. The molecule has 0 aliphatic heterocycles. The zero-order chi connectivity index (χ0) is 11.3. The van der Waals surface area contributed by atoms with E-state index in [2.05, 4.69) is 20.8 Å². The summed E-state index contributed by atoms with van der Waals surface area (Å²) in [6.07, 6.45) is 3.95. The van der Waals surface area contributed by atoms with Gasteiger partial charge in [-0.2, -0.15) is 0 Å². The molecule has 1 aliphatic rings. The fraction of sp³-hybridized carbons (Fsp3) is 1.00. The Morgan fingerprint density at radius 3 is 2.67 bits per heavy atom. The quantitative estimate of drug-likeness (QED) is 0.313. The van der Waals surface area contributed by atoms with E-state index in [9.17, 15) is 0 Å². The summed E-state index contributed by atoms with van der Waals surface area (Å²) in [4.78, 5) is 10.6. The van der Waals surface area contributed by atoms with Crippen molar-refractivity contribution in [3.63, 3.8) is 0 Å². The summed E-state index contributed by atoms with van der Waals surface area (Å²) in [5.41, 5.74) is 0. The molecule has 1 fully saturated rings. The van der Waals surface area contributed by atoms with Crippen LogP contribution in [0.25, 0.3) is 0 Å². The molecule has 0 aromatic carbocycles. The lowest BCUT2D eigenvalue weighted by Crippen LogP contribution is -2.34. The molecule has 0 spiro atoms. The van der Waals surface area contributed by atoms with E-state index >= 15 is 0 Å². The molecule has 0 bridgehead atoms. The molecule has 90 valence electrons. The molecule has 0 aromatic rings. The maximum atomic E-state index is 5.54. The van der Waals surface area contributed by atoms with Crippen molar-refractivity contribution in [1.82, 2.24) is 0 Å². The first-order valence-corrected chi connectivity index (χ1v) is 6.52. The van der Waals surface area contributed by atoms with Gasteiger partial charge in [-0.3, -0.25) is 0 Å². The van der Waals surface area contributed by atoms with Crippen LogP contribution in [-0.4, -0.2) is 18.6 Å². The normalized spacial score (nSPS) is 32.2. The third-order valence-corrected chi connectivity index (χ3v) is 3.47. The van der Waals surface area contributed by atoms with Crippen LogP contribution in [0.2, 0.25) is 0 Å². The summed E-state index contributed by atoms with van der Waals surface area (Å²) < 4.78 is 0. The van der Waals surface area contributed by atoms with Crippen molar-refractivity contribution >= 4 is 11.6 Å². The Morgan fingerprint density at radius 1 is 1.33 bits per heavy atom. The van der Waals surface area contributed by atoms with Gasteiger partial charge in [0.2, 0.25) is 0 Å². The molecule has 0 heterocycles. The SMILES string of the molecule is CC(C)[C@@H]1CC[C@@H](C)C[C@H]1OOCCCl. The predicted octanol–water partition coefficient (Wildman–Crippen LogP) is 3.63. The van der Waals surface area contributed by atoms with Gasteiger partial charge in [0.15, 0.2) is 0 Å². The summed E-state index contributed by atoms with van der Waals surface area (Å²) >= 11 is 5.54. The zero-order valence-corrected chi connectivity index (χ0v) is 10.8. The number of hydrogen-bond donors (Lipinski definition) is 0. The molecule has 15 heavy (non-hydrogen) atoms. The minimum Gasteiger partial charge on any atom is -0.235 e. The van der Waals surface area contributed by atoms with Gasteiger partial charge in [-0.05, 0) is 30.6 Å². The van der Waals surface area contributed by atoms with Crippen molar-refractivity contribution in [1.29, 1.82) is 0 Å². The molecule has 1 aliphatic carbocycles. The van der Waals surface area contributed by atoms with E-state index in [1.54, 1.807) is 0 Å². The van der Waals surface area contributed by atoms with E-state index in [1.165, 1.54) is 12.8 Å². The van der Waals surface area contributed by atoms with Crippen LogP contribution in [0.3, 0.4) is 0 Å². The highest BCUT2D eigenvalue weighted by Crippen LogP contribution is 2.35. The summed E-state index contributed by atoms with van der Waals surface area (Å²) in [6.45, 7) is 7.29. The lowest BCUT2D eigenvalue weighted by Gasteiger charge is -2.35. The number of alkyl halides is 1. The first kappa shape index (κ1) is 13.3. The van der Waals surface area contributed by atoms with E-state index in [1.807, 2.05) is 0 Å². The van der Waals surface area contributed by atoms with Gasteiger partial charge in [0.25, 0.3) is 0 Å². The Balaban J connectivity index is 2.39. The van der Waals surface area contributed by atoms with Gasteiger partial charge in [-0.15, -0.1) is 11.6 Å². The zero-order valence-electron chi connectivity index (χ0n) is 10.0. The van der Waals surface area contributed by atoms with Gasteiger partial charge in [0.1, 0.15) is 0 Å². The first-order chi connectivity index (χ1) is 7.15. The fourth-order valence-corrected chi connectivity index (χ4v) is 2.46. The van der Waals surface area contributed by atoms with Gasteiger partial charge < -0.3 is 0 Å². The largest absolute Gasteiger partial charge is 0.235 e. The van der Waals surface area contributed by atoms with Crippen LogP contribution in [0.15, 0.2) is 0 Å². The van der Waals surface area contributed by atoms with E-state index in [0.29, 0.717) is 24.3 Å². The lowest BCUT2D eigenvalue weighted by molar-refractivity contribution is -0.338. The molecule has 3 atom stereocenters. The highest BCUT2D eigenvalue weighted by atomic mass is 35.5. The topological polar surface area (TPSA) is 18.5 Å². The molecule has 2 nitrogen and oxygen atoms in total. The maximum Gasteiger partial charge on any atom is 0.0963 e. The molecule has 0 amide bonds. The Kier molecular flexibility index (Phi) is 5.95. The maximum absolute atomic E-state index is 5.54. The van der Waals surface area contributed by atoms with Crippen molar-refractivity contribution < 1.29 is 9.78 Å².